The fraction of sp³-hybridized carbons (Fsp3) is 0.229. The highest BCUT2D eigenvalue weighted by Gasteiger charge is 2.42. The highest BCUT2D eigenvalue weighted by Crippen LogP contribution is 2.48. The molecule has 1 unspecified atom stereocenters. The highest BCUT2D eigenvalue weighted by atomic mass is 16.6. The average Bonchev–Trinajstić information content (AvgIpc) is 3.47. The Hall–Kier alpha value is -4.71. The van der Waals surface area contributed by atoms with Crippen LogP contribution in [0.1, 0.15) is 54.4 Å². The number of carbonyl (C=O) groups excluding carboxylic acids is 3. The van der Waals surface area contributed by atoms with Gasteiger partial charge in [-0.3, -0.25) is 9.59 Å². The van der Waals surface area contributed by atoms with Crippen LogP contribution < -0.4 is 0 Å². The molecule has 0 amide bonds. The summed E-state index contributed by atoms with van der Waals surface area (Å²) in [6.45, 7) is 3.65. The largest absolute Gasteiger partial charge is 0.462 e. The second-order valence-electron chi connectivity index (χ2n) is 11.1. The lowest BCUT2D eigenvalue weighted by molar-refractivity contribution is -0.172. The molecule has 4 aromatic carbocycles. The van der Waals surface area contributed by atoms with E-state index in [4.69, 9.17) is 14.2 Å². The Labute approximate surface area is 238 Å². The molecule has 6 rings (SSSR count). The number of hydrogen-bond donors (Lipinski definition) is 0. The number of benzene rings is 4. The maximum Gasteiger partial charge on any atom is 0.348 e. The summed E-state index contributed by atoms with van der Waals surface area (Å²) in [5.74, 6) is -1.95. The highest BCUT2D eigenvalue weighted by molar-refractivity contribution is 5.87. The fourth-order valence-electron chi connectivity index (χ4n) is 6.16. The van der Waals surface area contributed by atoms with E-state index in [-0.39, 0.29) is 18.9 Å². The van der Waals surface area contributed by atoms with Gasteiger partial charge in [-0.25, -0.2) is 4.79 Å². The molecule has 1 atom stereocenters. The van der Waals surface area contributed by atoms with Crippen LogP contribution in [-0.4, -0.2) is 36.7 Å². The van der Waals surface area contributed by atoms with Crippen LogP contribution in [0.5, 0.6) is 0 Å². The van der Waals surface area contributed by atoms with Crippen LogP contribution in [0.3, 0.4) is 0 Å². The van der Waals surface area contributed by atoms with Gasteiger partial charge >= 0.3 is 11.9 Å². The molecule has 6 heteroatoms. The molecule has 41 heavy (non-hydrogen) atoms. The lowest BCUT2D eigenvalue weighted by atomic mass is 9.90. The second kappa shape index (κ2) is 10.7. The quantitative estimate of drug-likeness (QED) is 0.137. The molecule has 0 saturated carbocycles. The first kappa shape index (κ1) is 26.5. The van der Waals surface area contributed by atoms with Crippen molar-refractivity contribution >= 4 is 18.4 Å². The van der Waals surface area contributed by atoms with Gasteiger partial charge in [0.05, 0.1) is 12.3 Å². The van der Waals surface area contributed by atoms with E-state index in [9.17, 15) is 14.4 Å². The minimum absolute atomic E-state index is 0.108. The first-order valence-corrected chi connectivity index (χ1v) is 13.7. The van der Waals surface area contributed by atoms with Crippen molar-refractivity contribution in [1.29, 1.82) is 0 Å². The van der Waals surface area contributed by atoms with Gasteiger partial charge in [0.2, 0.25) is 6.10 Å². The van der Waals surface area contributed by atoms with Crippen molar-refractivity contribution in [1.82, 2.24) is 0 Å². The first-order chi connectivity index (χ1) is 19.9. The van der Waals surface area contributed by atoms with E-state index in [1.54, 1.807) is 13.8 Å². The van der Waals surface area contributed by atoms with Gasteiger partial charge in [0.1, 0.15) is 12.2 Å². The van der Waals surface area contributed by atoms with Gasteiger partial charge in [0, 0.05) is 5.92 Å². The number of rotatable bonds is 9. The third-order valence-corrected chi connectivity index (χ3v) is 7.97. The zero-order valence-electron chi connectivity index (χ0n) is 22.9. The molecule has 4 aromatic rings. The topological polar surface area (TPSA) is 78.9 Å². The van der Waals surface area contributed by atoms with Crippen LogP contribution in [0, 0.1) is 0 Å². The number of ether oxygens (including phenoxy) is 3. The summed E-state index contributed by atoms with van der Waals surface area (Å²) in [4.78, 5) is 38.1. The monoisotopic (exact) mass is 546 g/mol. The third-order valence-electron chi connectivity index (χ3n) is 7.97. The molecule has 206 valence electrons. The molecule has 0 saturated heterocycles. The van der Waals surface area contributed by atoms with Gasteiger partial charge in [-0.1, -0.05) is 97.1 Å². The summed E-state index contributed by atoms with van der Waals surface area (Å²) in [6.07, 6.45) is -1.44. The smallest absolute Gasteiger partial charge is 0.348 e. The molecule has 0 bridgehead atoms. The molecule has 6 nitrogen and oxygen atoms in total. The first-order valence-electron chi connectivity index (χ1n) is 13.7. The van der Waals surface area contributed by atoms with Crippen molar-refractivity contribution in [2.45, 2.75) is 43.8 Å². The molecule has 0 aliphatic heterocycles. The minimum Gasteiger partial charge on any atom is -0.462 e. The van der Waals surface area contributed by atoms with Crippen LogP contribution in [0.15, 0.2) is 97.1 Å². The van der Waals surface area contributed by atoms with Gasteiger partial charge in [-0.05, 0) is 58.4 Å². The van der Waals surface area contributed by atoms with Crippen LogP contribution in [0.4, 0.5) is 0 Å². The van der Waals surface area contributed by atoms with Crippen LogP contribution >= 0.6 is 0 Å². The fourth-order valence-corrected chi connectivity index (χ4v) is 6.16. The van der Waals surface area contributed by atoms with Crippen molar-refractivity contribution < 1.29 is 28.6 Å². The van der Waals surface area contributed by atoms with E-state index < -0.39 is 29.6 Å². The summed E-state index contributed by atoms with van der Waals surface area (Å²) in [6, 6.07) is 31.9. The molecule has 0 N–H and O–H groups in total. The van der Waals surface area contributed by atoms with Gasteiger partial charge < -0.3 is 14.2 Å². The van der Waals surface area contributed by atoms with Crippen LogP contribution in [0.25, 0.3) is 22.3 Å². The minimum atomic E-state index is -1.23. The number of hydrogen-bond acceptors (Lipinski definition) is 6. The number of fused-ring (bicyclic) bond motifs is 6. The lowest BCUT2D eigenvalue weighted by Crippen LogP contribution is -2.38. The van der Waals surface area contributed by atoms with E-state index in [1.165, 1.54) is 0 Å². The summed E-state index contributed by atoms with van der Waals surface area (Å²) >= 11 is 0. The molecule has 0 aromatic heterocycles. The van der Waals surface area contributed by atoms with Crippen molar-refractivity contribution in [2.75, 3.05) is 6.61 Å². The maximum absolute atomic E-state index is 14.0. The summed E-state index contributed by atoms with van der Waals surface area (Å²) < 4.78 is 17.0. The van der Waals surface area contributed by atoms with Crippen molar-refractivity contribution in [2.24, 2.45) is 0 Å². The third kappa shape index (κ3) is 4.91. The van der Waals surface area contributed by atoms with Crippen LogP contribution in [0.2, 0.25) is 0 Å². The zero-order valence-corrected chi connectivity index (χ0v) is 22.9. The Morgan fingerprint density at radius 3 is 1.66 bits per heavy atom. The average molecular weight is 547 g/mol. The Kier molecular flexibility index (Phi) is 6.91. The molecule has 0 heterocycles. The zero-order chi connectivity index (χ0) is 28.6. The van der Waals surface area contributed by atoms with Gasteiger partial charge in [0.25, 0.3) is 6.47 Å². The van der Waals surface area contributed by atoms with E-state index in [1.807, 2.05) is 72.8 Å². The second-order valence-corrected chi connectivity index (χ2v) is 11.1. The normalized spacial score (nSPS) is 14.3. The molecule has 2 aliphatic carbocycles. The number of carbonyl (C=O) groups is 3. The molecule has 2 aliphatic rings. The van der Waals surface area contributed by atoms with Gasteiger partial charge in [-0.15, -0.1) is 0 Å². The molecule has 0 spiro atoms. The van der Waals surface area contributed by atoms with Crippen LogP contribution in [-0.2, 0) is 28.6 Å². The Bertz CT molecular complexity index is 1550. The summed E-state index contributed by atoms with van der Waals surface area (Å²) in [5, 5.41) is 0. The molecular weight excluding hydrogens is 516 g/mol. The number of esters is 2. The van der Waals surface area contributed by atoms with E-state index in [0.717, 1.165) is 44.5 Å². The summed E-state index contributed by atoms with van der Waals surface area (Å²) in [7, 11) is 0. The molecule has 0 fully saturated rings. The maximum atomic E-state index is 14.0. The Balaban J connectivity index is 1.32. The predicted octanol–water partition coefficient (Wildman–Crippen LogP) is 6.41. The van der Waals surface area contributed by atoms with E-state index >= 15 is 0 Å². The van der Waals surface area contributed by atoms with Gasteiger partial charge in [-0.2, -0.15) is 0 Å². The van der Waals surface area contributed by atoms with Crippen molar-refractivity contribution in [3.05, 3.63) is 119 Å². The Morgan fingerprint density at radius 1 is 0.732 bits per heavy atom. The van der Waals surface area contributed by atoms with E-state index in [0.29, 0.717) is 6.47 Å². The SMILES string of the molecule is CC(C)(CC(=O)OC(C(=O)OCC1c2ccccc2-c2ccccc21)C1c2ccccc2-c2ccccc21)OC=O. The Morgan fingerprint density at radius 2 is 1.17 bits per heavy atom. The standard InChI is InChI=1S/C35H30O6/c1-35(2,40-21-36)19-31(37)41-33(32-28-17-9-7-13-24(28)25-14-8-10-18-29(25)32)34(38)39-20-30-26-15-5-3-11-22(26)23-12-4-6-16-27(23)30/h3-18,21,30,32-33H,19-20H2,1-2H3. The van der Waals surface area contributed by atoms with Crippen molar-refractivity contribution in [3.63, 3.8) is 0 Å². The lowest BCUT2D eigenvalue weighted by Gasteiger charge is -2.27. The van der Waals surface area contributed by atoms with Crippen molar-refractivity contribution in [3.8, 4) is 22.3 Å². The molecule has 0 radical (unpaired) electrons. The molecular formula is C35H30O6. The summed E-state index contributed by atoms with van der Waals surface area (Å²) in [5.41, 5.74) is 7.13. The predicted molar refractivity (Wildman–Crippen MR) is 154 cm³/mol. The van der Waals surface area contributed by atoms with E-state index in [2.05, 4.69) is 24.3 Å². The van der Waals surface area contributed by atoms with Gasteiger partial charge in [0.15, 0.2) is 0 Å².